The van der Waals surface area contributed by atoms with Crippen molar-refractivity contribution in [2.75, 3.05) is 0 Å². The molecular weight excluding hydrogens is 208 g/mol. The number of rotatable bonds is 2. The van der Waals surface area contributed by atoms with Gasteiger partial charge in [-0.1, -0.05) is 51.1 Å². The van der Waals surface area contributed by atoms with E-state index in [-0.39, 0.29) is 0 Å². The van der Waals surface area contributed by atoms with E-state index in [0.29, 0.717) is 0 Å². The first-order chi connectivity index (χ1) is 8.35. The number of hydrogen-bond donors (Lipinski definition) is 0. The molecular formula is C16H22O. The second kappa shape index (κ2) is 6.95. The standard InChI is InChI=1S/C14H16O.C2H6/c1-3-7-11-10-12-8-5-6-9-14(12)15-13(11)4-2;1-2/h3,5-9H,4,10H2,1-2H3;1-2H3/b7-3-;. The fourth-order valence-electron chi connectivity index (χ4n) is 1.90. The van der Waals surface area contributed by atoms with Crippen molar-refractivity contribution < 1.29 is 4.74 Å². The predicted molar refractivity (Wildman–Crippen MR) is 74.3 cm³/mol. The van der Waals surface area contributed by atoms with E-state index >= 15 is 0 Å². The number of allylic oxidation sites excluding steroid dienone is 4. The summed E-state index contributed by atoms with van der Waals surface area (Å²) in [6.45, 7) is 8.17. The Balaban J connectivity index is 0.000000686. The molecule has 0 amide bonds. The highest BCUT2D eigenvalue weighted by Crippen LogP contribution is 2.31. The molecule has 92 valence electrons. The molecule has 0 fully saturated rings. The Kier molecular flexibility index (Phi) is 5.55. The summed E-state index contributed by atoms with van der Waals surface area (Å²) < 4.78 is 5.87. The minimum Gasteiger partial charge on any atom is -0.461 e. The van der Waals surface area contributed by atoms with E-state index in [1.165, 1.54) is 11.1 Å². The van der Waals surface area contributed by atoms with E-state index < -0.39 is 0 Å². The summed E-state index contributed by atoms with van der Waals surface area (Å²) in [6, 6.07) is 8.25. The summed E-state index contributed by atoms with van der Waals surface area (Å²) in [6.07, 6.45) is 6.16. The summed E-state index contributed by atoms with van der Waals surface area (Å²) in [4.78, 5) is 0. The van der Waals surface area contributed by atoms with Crippen LogP contribution in [0.25, 0.3) is 0 Å². The van der Waals surface area contributed by atoms with Gasteiger partial charge in [-0.15, -0.1) is 0 Å². The Morgan fingerprint density at radius 3 is 2.59 bits per heavy atom. The molecule has 0 spiro atoms. The van der Waals surface area contributed by atoms with Crippen molar-refractivity contribution in [2.24, 2.45) is 0 Å². The summed E-state index contributed by atoms with van der Waals surface area (Å²) in [5, 5.41) is 0. The molecule has 1 aliphatic rings. The highest BCUT2D eigenvalue weighted by atomic mass is 16.5. The molecule has 2 rings (SSSR count). The van der Waals surface area contributed by atoms with E-state index in [1.54, 1.807) is 0 Å². The molecule has 1 nitrogen and oxygen atoms in total. The third-order valence-electron chi connectivity index (χ3n) is 2.63. The Hall–Kier alpha value is -1.50. The van der Waals surface area contributed by atoms with Crippen LogP contribution in [0.15, 0.2) is 47.7 Å². The third-order valence-corrected chi connectivity index (χ3v) is 2.63. The van der Waals surface area contributed by atoms with Crippen LogP contribution >= 0.6 is 0 Å². The van der Waals surface area contributed by atoms with Crippen LogP contribution < -0.4 is 4.74 Å². The minimum absolute atomic E-state index is 0.952. The topological polar surface area (TPSA) is 9.23 Å². The van der Waals surface area contributed by atoms with E-state index in [1.807, 2.05) is 32.9 Å². The molecule has 0 atom stereocenters. The van der Waals surface area contributed by atoms with Crippen molar-refractivity contribution in [3.05, 3.63) is 53.3 Å². The predicted octanol–water partition coefficient (Wildman–Crippen LogP) is 4.89. The summed E-state index contributed by atoms with van der Waals surface area (Å²) >= 11 is 0. The van der Waals surface area contributed by atoms with Gasteiger partial charge in [0.15, 0.2) is 0 Å². The van der Waals surface area contributed by atoms with Crippen molar-refractivity contribution in [2.45, 2.75) is 40.5 Å². The SMILES string of the molecule is C/C=C\C1=C(CC)Oc2ccccc2C1.CC. The molecule has 0 bridgehead atoms. The first-order valence-electron chi connectivity index (χ1n) is 6.45. The number of fused-ring (bicyclic) bond motifs is 1. The van der Waals surface area contributed by atoms with E-state index in [9.17, 15) is 0 Å². The van der Waals surface area contributed by atoms with Crippen LogP contribution in [0.5, 0.6) is 5.75 Å². The minimum atomic E-state index is 0.952. The largest absolute Gasteiger partial charge is 0.461 e. The molecule has 0 saturated carbocycles. The van der Waals surface area contributed by atoms with E-state index in [2.05, 4.69) is 31.2 Å². The van der Waals surface area contributed by atoms with Crippen LogP contribution in [0, 0.1) is 0 Å². The van der Waals surface area contributed by atoms with Crippen molar-refractivity contribution in [1.82, 2.24) is 0 Å². The number of benzene rings is 1. The zero-order chi connectivity index (χ0) is 12.7. The molecule has 1 aromatic carbocycles. The summed E-state index contributed by atoms with van der Waals surface area (Å²) in [5.41, 5.74) is 2.58. The first-order valence-corrected chi connectivity index (χ1v) is 6.45. The lowest BCUT2D eigenvalue weighted by molar-refractivity contribution is 0.389. The number of ether oxygens (including phenoxy) is 1. The van der Waals surface area contributed by atoms with Crippen molar-refractivity contribution in [3.63, 3.8) is 0 Å². The zero-order valence-corrected chi connectivity index (χ0v) is 11.3. The lowest BCUT2D eigenvalue weighted by Gasteiger charge is -2.21. The highest BCUT2D eigenvalue weighted by molar-refractivity contribution is 5.44. The molecule has 0 aromatic heterocycles. The molecule has 1 aliphatic heterocycles. The number of hydrogen-bond acceptors (Lipinski definition) is 1. The maximum absolute atomic E-state index is 5.87. The van der Waals surface area contributed by atoms with Gasteiger partial charge in [0.05, 0.1) is 0 Å². The summed E-state index contributed by atoms with van der Waals surface area (Å²) in [5.74, 6) is 2.12. The van der Waals surface area contributed by atoms with Gasteiger partial charge in [0, 0.05) is 12.8 Å². The van der Waals surface area contributed by atoms with Gasteiger partial charge >= 0.3 is 0 Å². The lowest BCUT2D eigenvalue weighted by atomic mass is 9.99. The second-order valence-corrected chi connectivity index (χ2v) is 3.69. The molecule has 1 aromatic rings. The lowest BCUT2D eigenvalue weighted by Crippen LogP contribution is -2.08. The normalized spacial score (nSPS) is 13.9. The molecule has 0 radical (unpaired) electrons. The van der Waals surface area contributed by atoms with Gasteiger partial charge in [-0.05, 0) is 24.1 Å². The highest BCUT2D eigenvalue weighted by Gasteiger charge is 2.15. The average Bonchev–Trinajstić information content (AvgIpc) is 2.40. The van der Waals surface area contributed by atoms with E-state index in [0.717, 1.165) is 24.4 Å². The Morgan fingerprint density at radius 1 is 1.24 bits per heavy atom. The maximum atomic E-state index is 5.87. The molecule has 0 aliphatic carbocycles. The Bertz CT molecular complexity index is 413. The molecule has 1 heteroatoms. The smallest absolute Gasteiger partial charge is 0.130 e. The van der Waals surface area contributed by atoms with Gasteiger partial charge in [0.1, 0.15) is 11.5 Å². The van der Waals surface area contributed by atoms with Crippen LogP contribution in [0.3, 0.4) is 0 Å². The van der Waals surface area contributed by atoms with Crippen LogP contribution in [-0.4, -0.2) is 0 Å². The number of para-hydroxylation sites is 1. The van der Waals surface area contributed by atoms with E-state index in [4.69, 9.17) is 4.74 Å². The third kappa shape index (κ3) is 3.23. The van der Waals surface area contributed by atoms with Gasteiger partial charge in [0.2, 0.25) is 0 Å². The molecule has 17 heavy (non-hydrogen) atoms. The summed E-state index contributed by atoms with van der Waals surface area (Å²) in [7, 11) is 0. The van der Waals surface area contributed by atoms with Gasteiger partial charge in [-0.2, -0.15) is 0 Å². The fraction of sp³-hybridized carbons (Fsp3) is 0.375. The Labute approximate surface area is 105 Å². The van der Waals surface area contributed by atoms with Crippen LogP contribution in [0.4, 0.5) is 0 Å². The molecule has 0 unspecified atom stereocenters. The zero-order valence-electron chi connectivity index (χ0n) is 11.3. The van der Waals surface area contributed by atoms with Gasteiger partial charge in [-0.3, -0.25) is 0 Å². The van der Waals surface area contributed by atoms with Gasteiger partial charge < -0.3 is 4.74 Å². The van der Waals surface area contributed by atoms with Crippen molar-refractivity contribution in [3.8, 4) is 5.75 Å². The second-order valence-electron chi connectivity index (χ2n) is 3.69. The maximum Gasteiger partial charge on any atom is 0.130 e. The molecule has 0 N–H and O–H groups in total. The van der Waals surface area contributed by atoms with Crippen molar-refractivity contribution in [1.29, 1.82) is 0 Å². The first kappa shape index (κ1) is 13.6. The fourth-order valence-corrected chi connectivity index (χ4v) is 1.90. The van der Waals surface area contributed by atoms with Crippen LogP contribution in [0.2, 0.25) is 0 Å². The van der Waals surface area contributed by atoms with Crippen LogP contribution in [-0.2, 0) is 6.42 Å². The van der Waals surface area contributed by atoms with Crippen molar-refractivity contribution >= 4 is 0 Å². The van der Waals surface area contributed by atoms with Gasteiger partial charge in [-0.25, -0.2) is 0 Å². The molecule has 1 heterocycles. The monoisotopic (exact) mass is 230 g/mol. The van der Waals surface area contributed by atoms with Gasteiger partial charge in [0.25, 0.3) is 0 Å². The Morgan fingerprint density at radius 2 is 1.94 bits per heavy atom. The van der Waals surface area contributed by atoms with Crippen LogP contribution in [0.1, 0.15) is 39.7 Å². The average molecular weight is 230 g/mol. The molecule has 0 saturated heterocycles. The quantitative estimate of drug-likeness (QED) is 0.703.